The number of methoxy groups -OCH3 is 2. The first-order valence-electron chi connectivity index (χ1n) is 13.0. The number of nitrogens with zero attached hydrogens (tertiary/aromatic N) is 2. The summed E-state index contributed by atoms with van der Waals surface area (Å²) >= 11 is 0. The van der Waals surface area contributed by atoms with Crippen LogP contribution in [0.1, 0.15) is 28.8 Å². The zero-order chi connectivity index (χ0) is 28.6. The average molecular weight is 548 g/mol. The standard InChI is InChI=1S/C30H34FN5O4/c1-35-13-15-36(16-14-35)30(38)23-11-10-22(18-24(23)31)34-29(37)25(32)19-21-7-5-4-6-8-26(33-21)20-9-12-27(39-2)28(17-20)40-3/h4,6,8-12,17-19,32-33H,5,7,13-16H2,1-3H3,(H,34,37)/b6-4-,21-19-,26-8-,32-25?. The molecule has 0 atom stereocenters. The Hall–Kier alpha value is -4.44. The van der Waals surface area contributed by atoms with Gasteiger partial charge in [0, 0.05) is 48.8 Å². The van der Waals surface area contributed by atoms with Crippen LogP contribution in [0.4, 0.5) is 10.1 Å². The Morgan fingerprint density at radius 1 is 1.05 bits per heavy atom. The lowest BCUT2D eigenvalue weighted by Crippen LogP contribution is -2.47. The fourth-order valence-electron chi connectivity index (χ4n) is 4.44. The lowest BCUT2D eigenvalue weighted by Gasteiger charge is -2.32. The van der Waals surface area contributed by atoms with Gasteiger partial charge >= 0.3 is 0 Å². The molecule has 3 N–H and O–H groups in total. The normalized spacial score (nSPS) is 18.9. The van der Waals surface area contributed by atoms with Crippen LogP contribution in [0.2, 0.25) is 0 Å². The molecule has 4 rings (SSSR count). The molecular formula is C30H34FN5O4. The van der Waals surface area contributed by atoms with Crippen LogP contribution in [0.15, 0.2) is 66.4 Å². The SMILES string of the molecule is COc1ccc(/C2=C/C=C\CC/C(=C/C(=N)C(=O)Nc3ccc(C(=O)N4CCN(C)CC4)c(F)c3)N2)cc1OC. The van der Waals surface area contributed by atoms with Crippen LogP contribution in [-0.4, -0.2) is 74.8 Å². The topological polar surface area (TPSA) is 107 Å². The zero-order valence-corrected chi connectivity index (χ0v) is 22.9. The smallest absolute Gasteiger partial charge is 0.273 e. The predicted molar refractivity (Wildman–Crippen MR) is 153 cm³/mol. The van der Waals surface area contributed by atoms with Gasteiger partial charge in [0.05, 0.1) is 19.8 Å². The molecule has 2 aliphatic rings. The summed E-state index contributed by atoms with van der Waals surface area (Å²) in [6.07, 6.45) is 8.62. The molecule has 0 saturated carbocycles. The second-order valence-electron chi connectivity index (χ2n) is 9.57. The van der Waals surface area contributed by atoms with E-state index in [0.29, 0.717) is 36.7 Å². The summed E-state index contributed by atoms with van der Waals surface area (Å²) in [6, 6.07) is 9.49. The Labute approximate surface area is 233 Å². The van der Waals surface area contributed by atoms with Crippen molar-refractivity contribution in [1.29, 1.82) is 5.41 Å². The largest absolute Gasteiger partial charge is 0.493 e. The third-order valence-electron chi connectivity index (χ3n) is 6.78. The van der Waals surface area contributed by atoms with Crippen LogP contribution in [0.3, 0.4) is 0 Å². The number of carbonyl (C=O) groups is 2. The first-order chi connectivity index (χ1) is 19.3. The molecular weight excluding hydrogens is 513 g/mol. The molecule has 0 bridgehead atoms. The van der Waals surface area contributed by atoms with E-state index in [4.69, 9.17) is 14.9 Å². The minimum atomic E-state index is -0.718. The maximum absolute atomic E-state index is 14.8. The van der Waals surface area contributed by atoms with E-state index in [-0.39, 0.29) is 22.9 Å². The van der Waals surface area contributed by atoms with Gasteiger partial charge in [-0.1, -0.05) is 12.2 Å². The maximum atomic E-state index is 14.8. The molecule has 9 nitrogen and oxygen atoms in total. The summed E-state index contributed by atoms with van der Waals surface area (Å²) in [4.78, 5) is 29.3. The van der Waals surface area contributed by atoms with Gasteiger partial charge in [0.25, 0.3) is 11.8 Å². The highest BCUT2D eigenvalue weighted by molar-refractivity contribution is 6.46. The van der Waals surface area contributed by atoms with Crippen molar-refractivity contribution in [2.24, 2.45) is 0 Å². The summed E-state index contributed by atoms with van der Waals surface area (Å²) in [6.45, 7) is 2.53. The first-order valence-corrected chi connectivity index (χ1v) is 13.0. The molecule has 40 heavy (non-hydrogen) atoms. The van der Waals surface area contributed by atoms with E-state index in [1.54, 1.807) is 25.2 Å². The van der Waals surface area contributed by atoms with E-state index < -0.39 is 11.7 Å². The fraction of sp³-hybridized carbons (Fsp3) is 0.300. The Kier molecular flexibility index (Phi) is 9.34. The number of piperazine rings is 1. The number of benzene rings is 2. The van der Waals surface area contributed by atoms with Gasteiger partial charge < -0.3 is 29.9 Å². The van der Waals surface area contributed by atoms with E-state index in [0.717, 1.165) is 36.8 Å². The molecule has 1 fully saturated rings. The lowest BCUT2D eigenvalue weighted by atomic mass is 10.1. The number of likely N-dealkylation sites (N-methyl/N-ethyl adjacent to an activating group) is 1. The van der Waals surface area contributed by atoms with E-state index in [9.17, 15) is 14.0 Å². The minimum absolute atomic E-state index is 0.0407. The van der Waals surface area contributed by atoms with Crippen LogP contribution >= 0.6 is 0 Å². The summed E-state index contributed by atoms with van der Waals surface area (Å²) in [5.41, 5.74) is 2.11. The van der Waals surface area contributed by atoms with Gasteiger partial charge in [-0.3, -0.25) is 15.0 Å². The number of halogens is 1. The third kappa shape index (κ3) is 6.95. The van der Waals surface area contributed by atoms with E-state index in [2.05, 4.69) is 15.5 Å². The van der Waals surface area contributed by atoms with Crippen molar-refractivity contribution in [3.8, 4) is 11.5 Å². The van der Waals surface area contributed by atoms with Crippen molar-refractivity contribution in [3.05, 3.63) is 83.3 Å². The van der Waals surface area contributed by atoms with Gasteiger partial charge in [-0.05, 0) is 68.4 Å². The summed E-state index contributed by atoms with van der Waals surface area (Å²) in [5.74, 6) is -0.597. The molecule has 2 aromatic rings. The van der Waals surface area contributed by atoms with Crippen molar-refractivity contribution in [2.75, 3.05) is 52.8 Å². The summed E-state index contributed by atoms with van der Waals surface area (Å²) in [7, 11) is 5.12. The van der Waals surface area contributed by atoms with Crippen LogP contribution in [0.25, 0.3) is 5.70 Å². The van der Waals surface area contributed by atoms with Crippen molar-refractivity contribution in [3.63, 3.8) is 0 Å². The minimum Gasteiger partial charge on any atom is -0.493 e. The van der Waals surface area contributed by atoms with Gasteiger partial charge in [-0.15, -0.1) is 0 Å². The molecule has 2 aliphatic heterocycles. The average Bonchev–Trinajstić information content (AvgIpc) is 2.94. The molecule has 0 aliphatic carbocycles. The van der Waals surface area contributed by atoms with Crippen LogP contribution in [0.5, 0.6) is 11.5 Å². The number of carbonyl (C=O) groups excluding carboxylic acids is 2. The molecule has 2 aromatic carbocycles. The first kappa shape index (κ1) is 28.6. The molecule has 0 aromatic heterocycles. The number of allylic oxidation sites excluding steroid dienone is 4. The molecule has 1 saturated heterocycles. The Morgan fingerprint density at radius 3 is 2.50 bits per heavy atom. The molecule has 2 amide bonds. The highest BCUT2D eigenvalue weighted by atomic mass is 19.1. The fourth-order valence-corrected chi connectivity index (χ4v) is 4.44. The van der Waals surface area contributed by atoms with Crippen molar-refractivity contribution in [1.82, 2.24) is 15.1 Å². The number of hydrogen-bond donors (Lipinski definition) is 3. The number of ether oxygens (including phenoxy) is 2. The van der Waals surface area contributed by atoms with Crippen molar-refractivity contribution >= 4 is 28.9 Å². The highest BCUT2D eigenvalue weighted by Crippen LogP contribution is 2.30. The lowest BCUT2D eigenvalue weighted by molar-refractivity contribution is -0.110. The molecule has 0 unspecified atom stereocenters. The zero-order valence-electron chi connectivity index (χ0n) is 22.9. The number of rotatable bonds is 7. The van der Waals surface area contributed by atoms with E-state index in [1.165, 1.54) is 18.2 Å². The molecule has 0 spiro atoms. The molecule has 2 heterocycles. The molecule has 210 valence electrons. The van der Waals surface area contributed by atoms with Gasteiger partial charge in [0.15, 0.2) is 11.5 Å². The molecule has 0 radical (unpaired) electrons. The van der Waals surface area contributed by atoms with E-state index in [1.807, 2.05) is 37.4 Å². The summed E-state index contributed by atoms with van der Waals surface area (Å²) in [5, 5.41) is 14.2. The van der Waals surface area contributed by atoms with Crippen molar-refractivity contribution < 1.29 is 23.5 Å². The third-order valence-corrected chi connectivity index (χ3v) is 6.78. The monoisotopic (exact) mass is 547 g/mol. The van der Waals surface area contributed by atoms with Crippen LogP contribution < -0.4 is 20.1 Å². The number of hydrogen-bond acceptors (Lipinski definition) is 7. The van der Waals surface area contributed by atoms with Gasteiger partial charge in [-0.2, -0.15) is 0 Å². The molecule has 10 heteroatoms. The number of amides is 2. The Morgan fingerprint density at radius 2 is 1.80 bits per heavy atom. The number of anilines is 1. The maximum Gasteiger partial charge on any atom is 0.273 e. The van der Waals surface area contributed by atoms with Crippen LogP contribution in [0, 0.1) is 11.2 Å². The second kappa shape index (κ2) is 13.1. The van der Waals surface area contributed by atoms with Gasteiger partial charge in [-0.25, -0.2) is 4.39 Å². The van der Waals surface area contributed by atoms with Crippen LogP contribution in [-0.2, 0) is 4.79 Å². The summed E-state index contributed by atoms with van der Waals surface area (Å²) < 4.78 is 25.6. The van der Waals surface area contributed by atoms with Crippen molar-refractivity contribution in [2.45, 2.75) is 12.8 Å². The Balaban J connectivity index is 1.44. The Bertz CT molecular complexity index is 1380. The van der Waals surface area contributed by atoms with E-state index >= 15 is 0 Å². The second-order valence-corrected chi connectivity index (χ2v) is 9.57. The predicted octanol–water partition coefficient (Wildman–Crippen LogP) is 4.05. The quantitative estimate of drug-likeness (QED) is 0.452. The number of nitrogens with one attached hydrogen (secondary N) is 3. The van der Waals surface area contributed by atoms with Gasteiger partial charge in [0.1, 0.15) is 11.5 Å². The van der Waals surface area contributed by atoms with Gasteiger partial charge in [0.2, 0.25) is 0 Å². The highest BCUT2D eigenvalue weighted by Gasteiger charge is 2.23.